The Balaban J connectivity index is 1.96. The summed E-state index contributed by atoms with van der Waals surface area (Å²) in [6, 6.07) is 10.4. The number of nitrogens with two attached hydrogens (primary N) is 1. The Bertz CT molecular complexity index is 766. The molecule has 1 atom stereocenters. The summed E-state index contributed by atoms with van der Waals surface area (Å²) < 4.78 is 15.9. The second kappa shape index (κ2) is 5.61. The third-order valence-corrected chi connectivity index (χ3v) is 3.59. The first-order valence-electron chi connectivity index (χ1n) is 7.01. The summed E-state index contributed by atoms with van der Waals surface area (Å²) in [6.45, 7) is 2.86. The lowest BCUT2D eigenvalue weighted by molar-refractivity contribution is 0.551. The predicted molar refractivity (Wildman–Crippen MR) is 80.2 cm³/mol. The van der Waals surface area contributed by atoms with Crippen molar-refractivity contribution in [3.8, 4) is 0 Å². The van der Waals surface area contributed by atoms with Gasteiger partial charge in [0.1, 0.15) is 11.6 Å². The highest BCUT2D eigenvalue weighted by atomic mass is 19.1. The van der Waals surface area contributed by atoms with Gasteiger partial charge in [0.25, 0.3) is 0 Å². The Labute approximate surface area is 122 Å². The van der Waals surface area contributed by atoms with Crippen molar-refractivity contribution in [2.75, 3.05) is 0 Å². The van der Waals surface area contributed by atoms with Crippen molar-refractivity contribution in [1.82, 2.24) is 14.5 Å². The number of benzene rings is 1. The Kier molecular flexibility index (Phi) is 3.66. The van der Waals surface area contributed by atoms with Crippen LogP contribution in [0.25, 0.3) is 11.0 Å². The Morgan fingerprint density at radius 1 is 1.24 bits per heavy atom. The molecule has 21 heavy (non-hydrogen) atoms. The van der Waals surface area contributed by atoms with Gasteiger partial charge in [-0.15, -0.1) is 0 Å². The van der Waals surface area contributed by atoms with Crippen molar-refractivity contribution in [2.45, 2.75) is 25.9 Å². The lowest BCUT2D eigenvalue weighted by Crippen LogP contribution is -2.19. The molecule has 1 unspecified atom stereocenters. The monoisotopic (exact) mass is 284 g/mol. The number of hydrogen-bond donors (Lipinski definition) is 1. The van der Waals surface area contributed by atoms with Crippen LogP contribution >= 0.6 is 0 Å². The van der Waals surface area contributed by atoms with Gasteiger partial charge in [0.05, 0.1) is 22.8 Å². The summed E-state index contributed by atoms with van der Waals surface area (Å²) in [6.07, 6.45) is 2.01. The lowest BCUT2D eigenvalue weighted by Gasteiger charge is -2.12. The highest BCUT2D eigenvalue weighted by Crippen LogP contribution is 2.21. The van der Waals surface area contributed by atoms with Crippen molar-refractivity contribution >= 4 is 11.0 Å². The first kappa shape index (κ1) is 13.7. The first-order chi connectivity index (χ1) is 10.2. The molecule has 0 amide bonds. The molecule has 2 heterocycles. The predicted octanol–water partition coefficient (Wildman–Crippen LogP) is 2.83. The second-order valence-electron chi connectivity index (χ2n) is 4.94. The fourth-order valence-corrected chi connectivity index (χ4v) is 2.60. The van der Waals surface area contributed by atoms with E-state index < -0.39 is 6.04 Å². The number of rotatable bonds is 4. The van der Waals surface area contributed by atoms with E-state index in [1.807, 2.05) is 24.3 Å². The molecule has 0 fully saturated rings. The van der Waals surface area contributed by atoms with E-state index in [1.165, 1.54) is 6.07 Å². The highest BCUT2D eigenvalue weighted by molar-refractivity contribution is 5.75. The first-order valence-corrected chi connectivity index (χ1v) is 7.01. The fraction of sp³-hybridized carbons (Fsp3) is 0.250. The maximum absolute atomic E-state index is 13.8. The molecule has 1 aromatic carbocycles. The van der Waals surface area contributed by atoms with E-state index >= 15 is 0 Å². The molecule has 0 bridgehead atoms. The zero-order chi connectivity index (χ0) is 14.8. The van der Waals surface area contributed by atoms with Gasteiger partial charge >= 0.3 is 0 Å². The summed E-state index contributed by atoms with van der Waals surface area (Å²) in [5.41, 5.74) is 8.41. The largest absolute Gasteiger partial charge is 0.328 e. The van der Waals surface area contributed by atoms with Gasteiger partial charge in [-0.3, -0.25) is 4.98 Å². The van der Waals surface area contributed by atoms with Crippen LogP contribution in [0, 0.1) is 5.82 Å². The molecule has 0 aliphatic carbocycles. The van der Waals surface area contributed by atoms with Gasteiger partial charge in [0.2, 0.25) is 0 Å². The molecule has 0 saturated heterocycles. The molecule has 0 radical (unpaired) electrons. The smallest absolute Gasteiger partial charge is 0.146 e. The van der Waals surface area contributed by atoms with E-state index in [4.69, 9.17) is 5.73 Å². The summed E-state index contributed by atoms with van der Waals surface area (Å²) in [5, 5.41) is 0. The van der Waals surface area contributed by atoms with E-state index in [0.717, 1.165) is 23.4 Å². The normalized spacial score (nSPS) is 12.7. The minimum atomic E-state index is -0.506. The van der Waals surface area contributed by atoms with Crippen molar-refractivity contribution in [2.24, 2.45) is 5.73 Å². The number of nitrogens with zero attached hydrogens (tertiary/aromatic N) is 3. The van der Waals surface area contributed by atoms with Crippen LogP contribution in [-0.2, 0) is 13.0 Å². The zero-order valence-electron chi connectivity index (χ0n) is 11.8. The van der Waals surface area contributed by atoms with Gasteiger partial charge in [-0.1, -0.05) is 12.1 Å². The van der Waals surface area contributed by atoms with Gasteiger partial charge < -0.3 is 10.3 Å². The van der Waals surface area contributed by atoms with Gasteiger partial charge in [-0.2, -0.15) is 0 Å². The van der Waals surface area contributed by atoms with Crippen LogP contribution in [0.2, 0.25) is 0 Å². The summed E-state index contributed by atoms with van der Waals surface area (Å²) in [5.74, 6) is 0.486. The van der Waals surface area contributed by atoms with Crippen LogP contribution in [-0.4, -0.2) is 14.5 Å². The van der Waals surface area contributed by atoms with Crippen LogP contribution in [0.4, 0.5) is 4.39 Å². The molecule has 2 N–H and O–H groups in total. The van der Waals surface area contributed by atoms with Crippen LogP contribution in [0.15, 0.2) is 42.6 Å². The average molecular weight is 284 g/mol. The molecule has 5 heteroatoms. The highest BCUT2D eigenvalue weighted by Gasteiger charge is 2.17. The molecule has 2 aromatic heterocycles. The Morgan fingerprint density at radius 2 is 2.05 bits per heavy atom. The maximum atomic E-state index is 13.8. The summed E-state index contributed by atoms with van der Waals surface area (Å²) in [4.78, 5) is 8.66. The zero-order valence-corrected chi connectivity index (χ0v) is 11.8. The summed E-state index contributed by atoms with van der Waals surface area (Å²) in [7, 11) is 0. The van der Waals surface area contributed by atoms with Gasteiger partial charge in [0, 0.05) is 19.2 Å². The van der Waals surface area contributed by atoms with Crippen molar-refractivity contribution in [3.05, 3.63) is 59.9 Å². The SMILES string of the molecule is CCn1c(CC(N)c2ncccc2F)nc2ccccc21. The van der Waals surface area contributed by atoms with Crippen molar-refractivity contribution in [1.29, 1.82) is 0 Å². The second-order valence-corrected chi connectivity index (χ2v) is 4.94. The van der Waals surface area contributed by atoms with Gasteiger partial charge in [0.15, 0.2) is 0 Å². The van der Waals surface area contributed by atoms with Crippen LogP contribution in [0.3, 0.4) is 0 Å². The Hall–Kier alpha value is -2.27. The molecule has 4 nitrogen and oxygen atoms in total. The number of hydrogen-bond acceptors (Lipinski definition) is 3. The molecular weight excluding hydrogens is 267 g/mol. The molecule has 0 spiro atoms. The molecule has 3 aromatic rings. The standard InChI is InChI=1S/C16H17FN4/c1-2-21-14-8-4-3-7-13(14)20-15(21)10-12(18)16-11(17)6-5-9-19-16/h3-9,12H,2,10,18H2,1H3. The third-order valence-electron chi connectivity index (χ3n) is 3.59. The Morgan fingerprint density at radius 3 is 2.81 bits per heavy atom. The van der Waals surface area contributed by atoms with Crippen molar-refractivity contribution < 1.29 is 4.39 Å². The molecule has 0 saturated carbocycles. The van der Waals surface area contributed by atoms with Gasteiger partial charge in [-0.25, -0.2) is 9.37 Å². The number of halogens is 1. The average Bonchev–Trinajstić information content (AvgIpc) is 2.84. The van der Waals surface area contributed by atoms with Crippen LogP contribution < -0.4 is 5.73 Å². The van der Waals surface area contributed by atoms with Gasteiger partial charge in [-0.05, 0) is 31.2 Å². The minimum absolute atomic E-state index is 0.284. The number of aryl methyl sites for hydroxylation is 1. The van der Waals surface area contributed by atoms with E-state index in [2.05, 4.69) is 21.5 Å². The van der Waals surface area contributed by atoms with E-state index in [9.17, 15) is 4.39 Å². The molecule has 0 aliphatic heterocycles. The molecule has 108 valence electrons. The van der Waals surface area contributed by atoms with E-state index in [0.29, 0.717) is 6.42 Å². The quantitative estimate of drug-likeness (QED) is 0.801. The van der Waals surface area contributed by atoms with Crippen LogP contribution in [0.5, 0.6) is 0 Å². The maximum Gasteiger partial charge on any atom is 0.146 e. The number of fused-ring (bicyclic) bond motifs is 1. The summed E-state index contributed by atoms with van der Waals surface area (Å²) >= 11 is 0. The number of para-hydroxylation sites is 2. The topological polar surface area (TPSA) is 56.7 Å². The molecule has 0 aliphatic rings. The number of aromatic nitrogens is 3. The molecule has 3 rings (SSSR count). The minimum Gasteiger partial charge on any atom is -0.328 e. The fourth-order valence-electron chi connectivity index (χ4n) is 2.60. The molecular formula is C16H17FN4. The number of imidazole rings is 1. The van der Waals surface area contributed by atoms with E-state index in [-0.39, 0.29) is 11.5 Å². The lowest BCUT2D eigenvalue weighted by atomic mass is 10.1. The van der Waals surface area contributed by atoms with Crippen molar-refractivity contribution in [3.63, 3.8) is 0 Å². The van der Waals surface area contributed by atoms with Crippen LogP contribution in [0.1, 0.15) is 24.5 Å². The number of pyridine rings is 1. The third kappa shape index (κ3) is 2.52. The van der Waals surface area contributed by atoms with E-state index in [1.54, 1.807) is 12.3 Å².